The van der Waals surface area contributed by atoms with Crippen molar-refractivity contribution < 1.29 is 9.21 Å². The smallest absolute Gasteiger partial charge is 0.199 e. The predicted octanol–water partition coefficient (Wildman–Crippen LogP) is 2.18. The maximum atomic E-state index is 11.6. The summed E-state index contributed by atoms with van der Waals surface area (Å²) in [4.78, 5) is 21.4. The molecule has 0 N–H and O–H groups in total. The number of rotatable bonds is 1. The average molecular weight is 286 g/mol. The maximum absolute atomic E-state index is 11.6. The second kappa shape index (κ2) is 3.92. The average Bonchev–Trinajstić information content (AvgIpc) is 3.05. The van der Waals surface area contributed by atoms with Crippen LogP contribution in [0.4, 0.5) is 0 Å². The Bertz CT molecular complexity index is 865. The number of hydrogen-bond acceptors (Lipinski definition) is 6. The molecule has 0 bridgehead atoms. The molecule has 0 atom stereocenters. The lowest BCUT2D eigenvalue weighted by Gasteiger charge is -2.04. The van der Waals surface area contributed by atoms with Crippen molar-refractivity contribution in [1.29, 1.82) is 0 Å². The summed E-state index contributed by atoms with van der Waals surface area (Å²) in [6.07, 6.45) is 0.328. The normalized spacial score (nSPS) is 14.2. The molecule has 1 aliphatic rings. The minimum absolute atomic E-state index is 0.0860. The molecule has 20 heavy (non-hydrogen) atoms. The first kappa shape index (κ1) is 11.7. The molecular formula is C13H10N4O2S. The van der Waals surface area contributed by atoms with Gasteiger partial charge >= 0.3 is 0 Å². The van der Waals surface area contributed by atoms with Gasteiger partial charge in [-0.1, -0.05) is 0 Å². The highest BCUT2D eigenvalue weighted by atomic mass is 32.2. The Morgan fingerprint density at radius 1 is 1.30 bits per heavy atom. The first-order valence-corrected chi connectivity index (χ1v) is 6.97. The van der Waals surface area contributed by atoms with Crippen LogP contribution >= 0.6 is 11.8 Å². The van der Waals surface area contributed by atoms with Crippen molar-refractivity contribution in [2.24, 2.45) is 0 Å². The molecule has 0 spiro atoms. The summed E-state index contributed by atoms with van der Waals surface area (Å²) in [6, 6.07) is 3.73. The fourth-order valence-electron chi connectivity index (χ4n) is 2.29. The van der Waals surface area contributed by atoms with Crippen molar-refractivity contribution in [3.05, 3.63) is 29.4 Å². The highest BCUT2D eigenvalue weighted by Gasteiger charge is 2.28. The van der Waals surface area contributed by atoms with E-state index in [4.69, 9.17) is 4.42 Å². The Morgan fingerprint density at radius 3 is 2.90 bits per heavy atom. The third-order valence-corrected chi connectivity index (χ3v) is 4.10. The molecule has 6 nitrogen and oxygen atoms in total. The molecule has 0 saturated heterocycles. The number of fused-ring (bicyclic) bond motifs is 3. The first-order chi connectivity index (χ1) is 9.61. The summed E-state index contributed by atoms with van der Waals surface area (Å²) in [6.45, 7) is 3.69. The zero-order chi connectivity index (χ0) is 13.9. The molecule has 4 rings (SSSR count). The largest absolute Gasteiger partial charge is 0.458 e. The fraction of sp³-hybridized carbons (Fsp3) is 0.231. The van der Waals surface area contributed by atoms with Crippen LogP contribution in [0, 0.1) is 13.8 Å². The summed E-state index contributed by atoms with van der Waals surface area (Å²) < 4.78 is 7.28. The van der Waals surface area contributed by atoms with Gasteiger partial charge in [-0.3, -0.25) is 4.79 Å². The van der Waals surface area contributed by atoms with Gasteiger partial charge in [-0.2, -0.15) is 4.52 Å². The van der Waals surface area contributed by atoms with Crippen molar-refractivity contribution >= 4 is 22.5 Å². The molecule has 100 valence electrons. The van der Waals surface area contributed by atoms with Gasteiger partial charge in [0.2, 0.25) is 0 Å². The van der Waals surface area contributed by atoms with Crippen LogP contribution in [0.3, 0.4) is 0 Å². The van der Waals surface area contributed by atoms with Gasteiger partial charge < -0.3 is 4.42 Å². The van der Waals surface area contributed by atoms with Crippen LogP contribution in [0.1, 0.15) is 17.3 Å². The van der Waals surface area contributed by atoms with Crippen LogP contribution < -0.4 is 0 Å². The molecule has 7 heteroatoms. The molecule has 3 aromatic heterocycles. The quantitative estimate of drug-likeness (QED) is 0.682. The van der Waals surface area contributed by atoms with Gasteiger partial charge in [-0.25, -0.2) is 9.97 Å². The Morgan fingerprint density at radius 2 is 2.15 bits per heavy atom. The molecular weight excluding hydrogens is 276 g/mol. The maximum Gasteiger partial charge on any atom is 0.199 e. The molecule has 1 aliphatic heterocycles. The lowest BCUT2D eigenvalue weighted by Crippen LogP contribution is -2.02. The second-order valence-corrected chi connectivity index (χ2v) is 5.73. The molecule has 0 unspecified atom stereocenters. The molecule has 0 radical (unpaired) electrons. The minimum atomic E-state index is 0.0860. The standard InChI is InChI=1S/C13H10N4O2S/c1-6-3-4-9(19-6)12-15-8-5-10(18)20-11(8)13-14-7(2)16-17(12)13/h3-4H,5H2,1-2H3. The summed E-state index contributed by atoms with van der Waals surface area (Å²) in [5.41, 5.74) is 1.43. The third-order valence-electron chi connectivity index (χ3n) is 3.11. The van der Waals surface area contributed by atoms with Gasteiger partial charge in [0.05, 0.1) is 17.0 Å². The van der Waals surface area contributed by atoms with E-state index in [2.05, 4.69) is 15.1 Å². The SMILES string of the molecule is Cc1nc2c3c(nc(-c4ccc(C)o4)n2n1)CC(=O)S3. The van der Waals surface area contributed by atoms with Crippen molar-refractivity contribution in [2.75, 3.05) is 0 Å². The molecule has 3 aromatic rings. The lowest BCUT2D eigenvalue weighted by atomic mass is 10.3. The number of furan rings is 1. The number of nitrogens with zero attached hydrogens (tertiary/aromatic N) is 4. The van der Waals surface area contributed by atoms with Gasteiger partial charge in [-0.05, 0) is 37.7 Å². The Labute approximate surface area is 118 Å². The van der Waals surface area contributed by atoms with Crippen molar-refractivity contribution in [3.8, 4) is 11.6 Å². The van der Waals surface area contributed by atoms with E-state index in [1.54, 1.807) is 4.52 Å². The van der Waals surface area contributed by atoms with Crippen LogP contribution in [0.5, 0.6) is 0 Å². The van der Waals surface area contributed by atoms with E-state index in [-0.39, 0.29) is 5.12 Å². The van der Waals surface area contributed by atoms with Crippen molar-refractivity contribution in [2.45, 2.75) is 25.2 Å². The first-order valence-electron chi connectivity index (χ1n) is 6.15. The summed E-state index contributed by atoms with van der Waals surface area (Å²) in [5, 5.41) is 4.45. The van der Waals surface area contributed by atoms with Gasteiger partial charge in [0.25, 0.3) is 0 Å². The highest BCUT2D eigenvalue weighted by Crippen LogP contribution is 2.36. The zero-order valence-corrected chi connectivity index (χ0v) is 11.7. The monoisotopic (exact) mass is 286 g/mol. The molecule has 4 heterocycles. The predicted molar refractivity (Wildman–Crippen MR) is 72.5 cm³/mol. The van der Waals surface area contributed by atoms with Gasteiger partial charge in [-0.15, -0.1) is 5.10 Å². The zero-order valence-electron chi connectivity index (χ0n) is 10.9. The minimum Gasteiger partial charge on any atom is -0.458 e. The van der Waals surface area contributed by atoms with Crippen LogP contribution in [0.15, 0.2) is 21.4 Å². The number of carbonyl (C=O) groups is 1. The number of aryl methyl sites for hydroxylation is 2. The number of hydrogen-bond donors (Lipinski definition) is 0. The molecule has 0 amide bonds. The number of carbonyl (C=O) groups excluding carboxylic acids is 1. The topological polar surface area (TPSA) is 73.3 Å². The Kier molecular flexibility index (Phi) is 2.29. The molecule has 0 aromatic carbocycles. The van der Waals surface area contributed by atoms with Gasteiger partial charge in [0, 0.05) is 0 Å². The van der Waals surface area contributed by atoms with Gasteiger partial charge in [0.1, 0.15) is 11.6 Å². The van der Waals surface area contributed by atoms with Crippen molar-refractivity contribution in [3.63, 3.8) is 0 Å². The third kappa shape index (κ3) is 1.59. The van der Waals surface area contributed by atoms with E-state index < -0.39 is 0 Å². The Hall–Kier alpha value is -2.15. The number of aromatic nitrogens is 4. The number of thioether (sulfide) groups is 1. The molecule has 0 saturated carbocycles. The lowest BCUT2D eigenvalue weighted by molar-refractivity contribution is -0.110. The van der Waals surface area contributed by atoms with E-state index >= 15 is 0 Å². The van der Waals surface area contributed by atoms with Crippen molar-refractivity contribution in [1.82, 2.24) is 19.6 Å². The fourth-order valence-corrected chi connectivity index (χ4v) is 3.19. The van der Waals surface area contributed by atoms with Crippen LogP contribution in [-0.4, -0.2) is 24.7 Å². The second-order valence-electron chi connectivity index (χ2n) is 4.67. The highest BCUT2D eigenvalue weighted by molar-refractivity contribution is 8.14. The van der Waals surface area contributed by atoms with Crippen LogP contribution in [-0.2, 0) is 11.2 Å². The summed E-state index contributed by atoms with van der Waals surface area (Å²) in [7, 11) is 0. The summed E-state index contributed by atoms with van der Waals surface area (Å²) >= 11 is 1.19. The van der Waals surface area contributed by atoms with E-state index in [1.807, 2.05) is 26.0 Å². The molecule has 0 fully saturated rings. The van der Waals surface area contributed by atoms with E-state index in [0.717, 1.165) is 16.3 Å². The Balaban J connectivity index is 2.07. The van der Waals surface area contributed by atoms with Crippen LogP contribution in [0.2, 0.25) is 0 Å². The molecule has 0 aliphatic carbocycles. The van der Waals surface area contributed by atoms with E-state index in [9.17, 15) is 4.79 Å². The van der Waals surface area contributed by atoms with E-state index in [0.29, 0.717) is 29.5 Å². The van der Waals surface area contributed by atoms with E-state index in [1.165, 1.54) is 11.8 Å². The van der Waals surface area contributed by atoms with Crippen LogP contribution in [0.25, 0.3) is 17.2 Å². The summed E-state index contributed by atoms with van der Waals surface area (Å²) in [5.74, 6) is 2.66. The van der Waals surface area contributed by atoms with Gasteiger partial charge in [0.15, 0.2) is 22.3 Å².